The highest BCUT2D eigenvalue weighted by Crippen LogP contribution is 2.30. The molecular formula is C14H20N4O. The third kappa shape index (κ3) is 2.08. The Labute approximate surface area is 112 Å². The van der Waals surface area contributed by atoms with Crippen LogP contribution in [0.4, 0.5) is 5.69 Å². The third-order valence-corrected chi connectivity index (χ3v) is 3.62. The fourth-order valence-electron chi connectivity index (χ4n) is 2.67. The second-order valence-corrected chi connectivity index (χ2v) is 6.21. The van der Waals surface area contributed by atoms with Crippen molar-refractivity contribution in [1.29, 1.82) is 0 Å². The van der Waals surface area contributed by atoms with Gasteiger partial charge in [0.2, 0.25) is 0 Å². The number of anilines is 1. The van der Waals surface area contributed by atoms with Gasteiger partial charge in [-0.1, -0.05) is 0 Å². The lowest BCUT2D eigenvalue weighted by Crippen LogP contribution is -2.23. The molecule has 1 atom stereocenters. The Morgan fingerprint density at radius 1 is 1.26 bits per heavy atom. The van der Waals surface area contributed by atoms with Crippen molar-refractivity contribution in [3.8, 4) is 0 Å². The first-order valence-corrected chi connectivity index (χ1v) is 6.72. The fourth-order valence-corrected chi connectivity index (χ4v) is 2.67. The lowest BCUT2D eigenvalue weighted by Gasteiger charge is -2.21. The molecular weight excluding hydrogens is 240 g/mol. The second kappa shape index (κ2) is 4.20. The standard InChI is InChI=1S/C14H20N4O/c1-14(2,3)18-13-8-15-7-12(11(13)6-16-18)17-5-4-10(19)9-17/h6-8,10,19H,4-5,9H2,1-3H3. The van der Waals surface area contributed by atoms with Crippen LogP contribution < -0.4 is 4.90 Å². The molecule has 2 aromatic rings. The number of aromatic nitrogens is 3. The summed E-state index contributed by atoms with van der Waals surface area (Å²) in [6, 6.07) is 0. The quantitative estimate of drug-likeness (QED) is 0.849. The number of aliphatic hydroxyl groups excluding tert-OH is 1. The first-order valence-electron chi connectivity index (χ1n) is 6.72. The van der Waals surface area contributed by atoms with Gasteiger partial charge < -0.3 is 10.0 Å². The molecule has 0 aromatic carbocycles. The molecule has 102 valence electrons. The highest BCUT2D eigenvalue weighted by Gasteiger charge is 2.24. The van der Waals surface area contributed by atoms with Crippen LogP contribution in [-0.2, 0) is 5.54 Å². The van der Waals surface area contributed by atoms with Gasteiger partial charge in [0.25, 0.3) is 0 Å². The smallest absolute Gasteiger partial charge is 0.0892 e. The van der Waals surface area contributed by atoms with Gasteiger partial charge in [-0.3, -0.25) is 9.67 Å². The summed E-state index contributed by atoms with van der Waals surface area (Å²) < 4.78 is 2.01. The molecule has 0 spiro atoms. The molecule has 5 heteroatoms. The van der Waals surface area contributed by atoms with E-state index in [0.29, 0.717) is 6.54 Å². The maximum atomic E-state index is 9.68. The number of hydrogen-bond donors (Lipinski definition) is 1. The summed E-state index contributed by atoms with van der Waals surface area (Å²) in [4.78, 5) is 6.53. The minimum Gasteiger partial charge on any atom is -0.391 e. The molecule has 1 saturated heterocycles. The van der Waals surface area contributed by atoms with Crippen molar-refractivity contribution in [2.75, 3.05) is 18.0 Å². The number of fused-ring (bicyclic) bond motifs is 1. The van der Waals surface area contributed by atoms with E-state index in [1.54, 1.807) is 0 Å². The third-order valence-electron chi connectivity index (χ3n) is 3.62. The molecule has 1 N–H and O–H groups in total. The predicted octanol–water partition coefficient (Wildman–Crippen LogP) is 1.76. The van der Waals surface area contributed by atoms with Crippen LogP contribution in [0.15, 0.2) is 18.6 Å². The molecule has 0 radical (unpaired) electrons. The van der Waals surface area contributed by atoms with Crippen molar-refractivity contribution in [3.63, 3.8) is 0 Å². The second-order valence-electron chi connectivity index (χ2n) is 6.21. The van der Waals surface area contributed by atoms with Crippen LogP contribution in [0.2, 0.25) is 0 Å². The first kappa shape index (κ1) is 12.4. The Morgan fingerprint density at radius 2 is 2.05 bits per heavy atom. The maximum absolute atomic E-state index is 9.68. The van der Waals surface area contributed by atoms with E-state index in [9.17, 15) is 5.11 Å². The highest BCUT2D eigenvalue weighted by molar-refractivity contribution is 5.91. The minimum atomic E-state index is -0.229. The average molecular weight is 260 g/mol. The Bertz CT molecular complexity index is 599. The molecule has 1 fully saturated rings. The van der Waals surface area contributed by atoms with Crippen LogP contribution in [0.3, 0.4) is 0 Å². The first-order chi connectivity index (χ1) is 8.97. The van der Waals surface area contributed by atoms with Gasteiger partial charge >= 0.3 is 0 Å². The van der Waals surface area contributed by atoms with E-state index in [1.807, 2.05) is 23.3 Å². The topological polar surface area (TPSA) is 54.2 Å². The van der Waals surface area contributed by atoms with Crippen LogP contribution in [-0.4, -0.2) is 39.1 Å². The molecule has 1 aliphatic heterocycles. The largest absolute Gasteiger partial charge is 0.391 e. The molecule has 3 heterocycles. The fraction of sp³-hybridized carbons (Fsp3) is 0.571. The van der Waals surface area contributed by atoms with E-state index in [4.69, 9.17) is 0 Å². The molecule has 2 aromatic heterocycles. The summed E-state index contributed by atoms with van der Waals surface area (Å²) in [5.74, 6) is 0. The minimum absolute atomic E-state index is 0.0629. The van der Waals surface area contributed by atoms with Gasteiger partial charge in [0, 0.05) is 18.5 Å². The average Bonchev–Trinajstić information content (AvgIpc) is 2.93. The highest BCUT2D eigenvalue weighted by atomic mass is 16.3. The van der Waals surface area contributed by atoms with E-state index in [1.165, 1.54) is 0 Å². The van der Waals surface area contributed by atoms with E-state index >= 15 is 0 Å². The van der Waals surface area contributed by atoms with Gasteiger partial charge in [-0.2, -0.15) is 5.10 Å². The van der Waals surface area contributed by atoms with Crippen molar-refractivity contribution in [2.45, 2.75) is 38.8 Å². The number of nitrogens with zero attached hydrogens (tertiary/aromatic N) is 4. The Kier molecular flexibility index (Phi) is 2.74. The zero-order chi connectivity index (χ0) is 13.6. The predicted molar refractivity (Wildman–Crippen MR) is 75.4 cm³/mol. The molecule has 5 nitrogen and oxygen atoms in total. The van der Waals surface area contributed by atoms with Gasteiger partial charge in [0.1, 0.15) is 0 Å². The van der Waals surface area contributed by atoms with Crippen LogP contribution >= 0.6 is 0 Å². The Morgan fingerprint density at radius 3 is 2.68 bits per heavy atom. The lowest BCUT2D eigenvalue weighted by molar-refractivity contribution is 0.198. The van der Waals surface area contributed by atoms with Gasteiger partial charge in [0.05, 0.1) is 41.4 Å². The molecule has 3 rings (SSSR count). The SMILES string of the molecule is CC(C)(C)n1ncc2c(N3CCC(O)C3)cncc21. The number of aliphatic hydroxyl groups is 1. The van der Waals surface area contributed by atoms with Crippen LogP contribution in [0.25, 0.3) is 10.9 Å². The van der Waals surface area contributed by atoms with Crippen LogP contribution in [0.5, 0.6) is 0 Å². The van der Waals surface area contributed by atoms with Gasteiger partial charge in [-0.25, -0.2) is 0 Å². The summed E-state index contributed by atoms with van der Waals surface area (Å²) in [6.07, 6.45) is 6.23. The van der Waals surface area contributed by atoms with E-state index in [-0.39, 0.29) is 11.6 Å². The number of rotatable bonds is 1. The van der Waals surface area contributed by atoms with Crippen LogP contribution in [0.1, 0.15) is 27.2 Å². The molecule has 0 bridgehead atoms. The summed E-state index contributed by atoms with van der Waals surface area (Å²) in [5, 5.41) is 15.3. The van der Waals surface area contributed by atoms with Gasteiger partial charge in [-0.05, 0) is 27.2 Å². The van der Waals surface area contributed by atoms with Crippen molar-refractivity contribution in [1.82, 2.24) is 14.8 Å². The summed E-state index contributed by atoms with van der Waals surface area (Å²) >= 11 is 0. The van der Waals surface area contributed by atoms with Crippen molar-refractivity contribution < 1.29 is 5.11 Å². The summed E-state index contributed by atoms with van der Waals surface area (Å²) in [6.45, 7) is 7.95. The monoisotopic (exact) mass is 260 g/mol. The molecule has 0 saturated carbocycles. The molecule has 0 aliphatic carbocycles. The zero-order valence-electron chi connectivity index (χ0n) is 11.7. The Balaban J connectivity index is 2.10. The van der Waals surface area contributed by atoms with Crippen molar-refractivity contribution >= 4 is 16.6 Å². The normalized spacial score (nSPS) is 20.4. The summed E-state index contributed by atoms with van der Waals surface area (Å²) in [5.41, 5.74) is 2.06. The summed E-state index contributed by atoms with van der Waals surface area (Å²) in [7, 11) is 0. The van der Waals surface area contributed by atoms with Gasteiger partial charge in [0.15, 0.2) is 0 Å². The lowest BCUT2D eigenvalue weighted by atomic mass is 10.1. The number of β-amino-alcohol motifs (C(OH)–C–C–N with tert-alkyl or cyclic N) is 1. The van der Waals surface area contributed by atoms with Crippen LogP contribution in [0, 0.1) is 0 Å². The zero-order valence-corrected chi connectivity index (χ0v) is 11.7. The molecule has 1 aliphatic rings. The molecule has 19 heavy (non-hydrogen) atoms. The molecule has 0 amide bonds. The molecule has 1 unspecified atom stereocenters. The van der Waals surface area contributed by atoms with Gasteiger partial charge in [-0.15, -0.1) is 0 Å². The number of hydrogen-bond acceptors (Lipinski definition) is 4. The van der Waals surface area contributed by atoms with Crippen molar-refractivity contribution in [2.24, 2.45) is 0 Å². The van der Waals surface area contributed by atoms with E-state index in [2.05, 4.69) is 35.8 Å². The number of pyridine rings is 1. The maximum Gasteiger partial charge on any atom is 0.0892 e. The van der Waals surface area contributed by atoms with E-state index in [0.717, 1.165) is 29.6 Å². The van der Waals surface area contributed by atoms with Crippen molar-refractivity contribution in [3.05, 3.63) is 18.6 Å². The van der Waals surface area contributed by atoms with E-state index < -0.39 is 0 Å². The Hall–Kier alpha value is -1.62.